The lowest BCUT2D eigenvalue weighted by Gasteiger charge is -2.10. The van der Waals surface area contributed by atoms with Gasteiger partial charge in [-0.2, -0.15) is 5.10 Å². The van der Waals surface area contributed by atoms with E-state index in [0.29, 0.717) is 22.5 Å². The van der Waals surface area contributed by atoms with Crippen LogP contribution in [0.25, 0.3) is 27.8 Å². The third-order valence-corrected chi connectivity index (χ3v) is 5.69. The van der Waals surface area contributed by atoms with Crippen molar-refractivity contribution >= 4 is 44.1 Å². The fourth-order valence-corrected chi connectivity index (χ4v) is 3.94. The molecule has 0 spiro atoms. The second-order valence-corrected chi connectivity index (χ2v) is 7.83. The molecule has 0 bridgehead atoms. The van der Waals surface area contributed by atoms with Crippen molar-refractivity contribution in [3.63, 3.8) is 0 Å². The highest BCUT2D eigenvalue weighted by Crippen LogP contribution is 2.30. The highest BCUT2D eigenvalue weighted by Gasteiger charge is 2.22. The number of aromatic nitrogens is 4. The minimum absolute atomic E-state index is 0.0496. The topological polar surface area (TPSA) is 72.2 Å². The molecular formula is C23H14BrF2N5O. The first-order valence-electron chi connectivity index (χ1n) is 9.60. The number of nitrogens with one attached hydrogen (secondary N) is 1. The highest BCUT2D eigenvalue weighted by atomic mass is 79.9. The average molecular weight is 494 g/mol. The van der Waals surface area contributed by atoms with Gasteiger partial charge in [0, 0.05) is 21.6 Å². The van der Waals surface area contributed by atoms with Crippen LogP contribution < -0.4 is 5.32 Å². The van der Waals surface area contributed by atoms with E-state index in [4.69, 9.17) is 0 Å². The Kier molecular flexibility index (Phi) is 5.10. The van der Waals surface area contributed by atoms with Crippen molar-refractivity contribution in [3.8, 4) is 11.3 Å². The van der Waals surface area contributed by atoms with Crippen LogP contribution in [0.5, 0.6) is 0 Å². The first kappa shape index (κ1) is 20.2. The number of alkyl halides is 2. The van der Waals surface area contributed by atoms with E-state index in [1.807, 2.05) is 12.1 Å². The van der Waals surface area contributed by atoms with Gasteiger partial charge in [-0.3, -0.25) is 9.78 Å². The summed E-state index contributed by atoms with van der Waals surface area (Å²) in [4.78, 5) is 21.9. The molecule has 0 atom stereocenters. The van der Waals surface area contributed by atoms with E-state index >= 15 is 0 Å². The zero-order chi connectivity index (χ0) is 22.2. The van der Waals surface area contributed by atoms with Gasteiger partial charge in [0.2, 0.25) is 0 Å². The third kappa shape index (κ3) is 3.50. The maximum absolute atomic E-state index is 13.8. The van der Waals surface area contributed by atoms with Crippen molar-refractivity contribution in [3.05, 3.63) is 88.8 Å². The zero-order valence-electron chi connectivity index (χ0n) is 16.3. The summed E-state index contributed by atoms with van der Waals surface area (Å²) in [7, 11) is 0. The summed E-state index contributed by atoms with van der Waals surface area (Å²) >= 11 is 3.47. The van der Waals surface area contributed by atoms with Gasteiger partial charge in [-0.05, 0) is 24.3 Å². The van der Waals surface area contributed by atoms with Crippen molar-refractivity contribution in [1.82, 2.24) is 19.6 Å². The quantitative estimate of drug-likeness (QED) is 0.338. The molecule has 0 saturated heterocycles. The Morgan fingerprint density at radius 3 is 2.66 bits per heavy atom. The predicted molar refractivity (Wildman–Crippen MR) is 121 cm³/mol. The van der Waals surface area contributed by atoms with Crippen LogP contribution in [0, 0.1) is 0 Å². The lowest BCUT2D eigenvalue weighted by molar-refractivity contribution is 0.102. The van der Waals surface area contributed by atoms with Crippen molar-refractivity contribution in [2.75, 3.05) is 5.32 Å². The van der Waals surface area contributed by atoms with E-state index < -0.39 is 12.3 Å². The molecule has 1 N–H and O–H groups in total. The number of fused-ring (bicyclic) bond motifs is 2. The molecular weight excluding hydrogens is 480 g/mol. The summed E-state index contributed by atoms with van der Waals surface area (Å²) in [5.41, 5.74) is 1.86. The van der Waals surface area contributed by atoms with Gasteiger partial charge in [0.15, 0.2) is 5.65 Å². The Bertz CT molecular complexity index is 1470. The number of carbonyl (C=O) groups is 1. The predicted octanol–water partition coefficient (Wildman–Crippen LogP) is 5.90. The summed E-state index contributed by atoms with van der Waals surface area (Å²) in [5, 5.41) is 7.64. The molecule has 0 unspecified atom stereocenters. The molecule has 9 heteroatoms. The third-order valence-electron chi connectivity index (χ3n) is 5.00. The Hall–Kier alpha value is -3.72. The number of rotatable bonds is 4. The summed E-state index contributed by atoms with van der Waals surface area (Å²) < 4.78 is 29.4. The molecule has 6 nitrogen and oxygen atoms in total. The van der Waals surface area contributed by atoms with Crippen molar-refractivity contribution in [2.45, 2.75) is 6.43 Å². The van der Waals surface area contributed by atoms with Gasteiger partial charge in [-0.15, -0.1) is 0 Å². The Labute approximate surface area is 189 Å². The van der Waals surface area contributed by atoms with Crippen LogP contribution in [-0.4, -0.2) is 25.5 Å². The van der Waals surface area contributed by atoms with Crippen LogP contribution in [-0.2, 0) is 0 Å². The van der Waals surface area contributed by atoms with E-state index in [0.717, 1.165) is 14.4 Å². The van der Waals surface area contributed by atoms with Gasteiger partial charge in [-0.25, -0.2) is 18.3 Å². The fourth-order valence-electron chi connectivity index (χ4n) is 3.49. The molecule has 3 aromatic heterocycles. The van der Waals surface area contributed by atoms with Crippen LogP contribution in [0.15, 0.2) is 77.5 Å². The van der Waals surface area contributed by atoms with E-state index in [2.05, 4.69) is 36.3 Å². The van der Waals surface area contributed by atoms with Gasteiger partial charge in [0.25, 0.3) is 12.3 Å². The van der Waals surface area contributed by atoms with E-state index in [1.165, 1.54) is 12.3 Å². The minimum atomic E-state index is -2.79. The lowest BCUT2D eigenvalue weighted by atomic mass is 10.1. The highest BCUT2D eigenvalue weighted by molar-refractivity contribution is 9.10. The zero-order valence-corrected chi connectivity index (χ0v) is 17.9. The largest absolute Gasteiger partial charge is 0.320 e. The monoisotopic (exact) mass is 493 g/mol. The number of pyridine rings is 1. The lowest BCUT2D eigenvalue weighted by Crippen LogP contribution is -2.13. The second kappa shape index (κ2) is 8.08. The first-order valence-corrected chi connectivity index (χ1v) is 10.4. The van der Waals surface area contributed by atoms with Gasteiger partial charge in [0.05, 0.1) is 23.1 Å². The molecule has 0 aliphatic heterocycles. The molecule has 0 aliphatic rings. The van der Waals surface area contributed by atoms with E-state index in [9.17, 15) is 13.6 Å². The molecule has 2 aromatic carbocycles. The fraction of sp³-hybridized carbons (Fsp3) is 0.0435. The van der Waals surface area contributed by atoms with E-state index in [1.54, 1.807) is 48.7 Å². The molecule has 0 fully saturated rings. The second-order valence-electron chi connectivity index (χ2n) is 6.98. The van der Waals surface area contributed by atoms with Crippen LogP contribution >= 0.6 is 15.9 Å². The summed E-state index contributed by atoms with van der Waals surface area (Å²) in [6.45, 7) is 0. The minimum Gasteiger partial charge on any atom is -0.320 e. The number of amides is 1. The SMILES string of the molecule is O=C(Nc1ccc(Br)c2cccnc12)c1cnn2c(C(F)F)cc(-c3ccccc3)nc12. The smallest absolute Gasteiger partial charge is 0.280 e. The summed E-state index contributed by atoms with van der Waals surface area (Å²) in [6, 6.07) is 17.4. The van der Waals surface area contributed by atoms with Crippen molar-refractivity contribution < 1.29 is 13.6 Å². The number of nitrogens with zero attached hydrogens (tertiary/aromatic N) is 4. The molecule has 0 aliphatic carbocycles. The summed E-state index contributed by atoms with van der Waals surface area (Å²) in [5.74, 6) is -0.521. The molecule has 32 heavy (non-hydrogen) atoms. The average Bonchev–Trinajstić information content (AvgIpc) is 3.25. The number of halogens is 3. The van der Waals surface area contributed by atoms with Gasteiger partial charge in [-0.1, -0.05) is 52.3 Å². The number of carbonyl (C=O) groups excluding carboxylic acids is 1. The van der Waals surface area contributed by atoms with Gasteiger partial charge in [0.1, 0.15) is 11.3 Å². The van der Waals surface area contributed by atoms with Gasteiger partial charge < -0.3 is 5.32 Å². The summed E-state index contributed by atoms with van der Waals surface area (Å²) in [6.07, 6.45) is 0.0770. The normalized spacial score (nSPS) is 11.4. The standard InChI is InChI=1S/C23H14BrF2N5O/c24-16-8-9-17(20-14(16)7-4-10-27-20)30-23(32)15-12-28-31-19(21(25)26)11-18(29-22(15)31)13-5-2-1-3-6-13/h1-12,21H,(H,30,32). The number of hydrogen-bond acceptors (Lipinski definition) is 4. The van der Waals surface area contributed by atoms with Crippen LogP contribution in [0.1, 0.15) is 22.5 Å². The van der Waals surface area contributed by atoms with Crippen LogP contribution in [0.2, 0.25) is 0 Å². The molecule has 1 amide bonds. The Morgan fingerprint density at radius 1 is 1.06 bits per heavy atom. The number of hydrogen-bond donors (Lipinski definition) is 1. The molecule has 0 saturated carbocycles. The molecule has 5 aromatic rings. The Morgan fingerprint density at radius 2 is 1.88 bits per heavy atom. The maximum Gasteiger partial charge on any atom is 0.280 e. The van der Waals surface area contributed by atoms with Crippen molar-refractivity contribution in [1.29, 1.82) is 0 Å². The van der Waals surface area contributed by atoms with E-state index in [-0.39, 0.29) is 16.9 Å². The van der Waals surface area contributed by atoms with Crippen LogP contribution in [0.4, 0.5) is 14.5 Å². The van der Waals surface area contributed by atoms with Gasteiger partial charge >= 0.3 is 0 Å². The number of benzene rings is 2. The molecule has 158 valence electrons. The molecule has 3 heterocycles. The maximum atomic E-state index is 13.8. The first-order chi connectivity index (χ1) is 15.5. The Balaban J connectivity index is 1.61. The van der Waals surface area contributed by atoms with Crippen LogP contribution in [0.3, 0.4) is 0 Å². The van der Waals surface area contributed by atoms with Crippen molar-refractivity contribution in [2.24, 2.45) is 0 Å². The molecule has 5 rings (SSSR count). The number of anilines is 1. The molecule has 0 radical (unpaired) electrons.